The highest BCUT2D eigenvalue weighted by molar-refractivity contribution is 5.79. The van der Waals surface area contributed by atoms with Crippen LogP contribution < -0.4 is 11.5 Å². The molecule has 4 nitrogen and oxygen atoms in total. The molecular weight excluding hydrogens is 130 g/mol. The van der Waals surface area contributed by atoms with Gasteiger partial charge in [-0.2, -0.15) is 0 Å². The number of hydrogen-bond donors (Lipinski definition) is 3. The minimum absolute atomic E-state index is 0.303. The van der Waals surface area contributed by atoms with Gasteiger partial charge in [-0.3, -0.25) is 0 Å². The molecule has 0 aromatic rings. The van der Waals surface area contributed by atoms with Crippen molar-refractivity contribution in [3.05, 3.63) is 0 Å². The molecule has 0 saturated carbocycles. The van der Waals surface area contributed by atoms with Gasteiger partial charge in [0.15, 0.2) is 0 Å². The molecule has 60 valence electrons. The summed E-state index contributed by atoms with van der Waals surface area (Å²) in [5.74, 6) is 0.303. The average molecular weight is 145 g/mol. The van der Waals surface area contributed by atoms with Gasteiger partial charge >= 0.3 is 0 Å². The van der Waals surface area contributed by atoms with Crippen LogP contribution in [0, 0.1) is 0 Å². The monoisotopic (exact) mass is 145 g/mol. The molecule has 0 aromatic heterocycles. The van der Waals surface area contributed by atoms with E-state index >= 15 is 0 Å². The number of rotatable bonds is 5. The molecule has 0 aliphatic carbocycles. The van der Waals surface area contributed by atoms with Crippen LogP contribution >= 0.6 is 0 Å². The van der Waals surface area contributed by atoms with Crippen molar-refractivity contribution in [1.29, 1.82) is 0 Å². The van der Waals surface area contributed by atoms with E-state index in [-0.39, 0.29) is 0 Å². The minimum Gasteiger partial charge on any atom is -0.409 e. The Morgan fingerprint density at radius 1 is 1.30 bits per heavy atom. The Labute approximate surface area is 60.9 Å². The maximum atomic E-state index is 8.13. The lowest BCUT2D eigenvalue weighted by atomic mass is 10.2. The standard InChI is InChI=1S/C6H15N3O/c7-5-3-1-2-4-6(8)9-10/h10H,1-5,7H2,(H2,8,9). The van der Waals surface area contributed by atoms with Crippen molar-refractivity contribution in [2.45, 2.75) is 25.7 Å². The molecule has 0 heterocycles. The summed E-state index contributed by atoms with van der Waals surface area (Å²) in [6.45, 7) is 0.718. The van der Waals surface area contributed by atoms with Gasteiger partial charge in [-0.05, 0) is 19.4 Å². The Morgan fingerprint density at radius 3 is 2.50 bits per heavy atom. The number of amidine groups is 1. The second-order valence-corrected chi connectivity index (χ2v) is 2.19. The van der Waals surface area contributed by atoms with Crippen LogP contribution in [0.4, 0.5) is 0 Å². The van der Waals surface area contributed by atoms with E-state index in [0.29, 0.717) is 12.3 Å². The molecule has 0 saturated heterocycles. The van der Waals surface area contributed by atoms with Gasteiger partial charge in [0.25, 0.3) is 0 Å². The largest absolute Gasteiger partial charge is 0.409 e. The van der Waals surface area contributed by atoms with E-state index in [1.165, 1.54) is 0 Å². The van der Waals surface area contributed by atoms with Crippen LogP contribution in [0.5, 0.6) is 0 Å². The molecule has 0 atom stereocenters. The van der Waals surface area contributed by atoms with Crippen molar-refractivity contribution >= 4 is 5.84 Å². The van der Waals surface area contributed by atoms with Crippen molar-refractivity contribution in [3.63, 3.8) is 0 Å². The van der Waals surface area contributed by atoms with Gasteiger partial charge in [0, 0.05) is 6.42 Å². The summed E-state index contributed by atoms with van der Waals surface area (Å²) in [7, 11) is 0. The smallest absolute Gasteiger partial charge is 0.139 e. The topological polar surface area (TPSA) is 84.6 Å². The first kappa shape index (κ1) is 9.23. The van der Waals surface area contributed by atoms with Crippen molar-refractivity contribution in [2.24, 2.45) is 16.6 Å². The number of nitrogens with zero attached hydrogens (tertiary/aromatic N) is 1. The molecule has 5 N–H and O–H groups in total. The summed E-state index contributed by atoms with van der Waals surface area (Å²) in [4.78, 5) is 0. The van der Waals surface area contributed by atoms with Crippen LogP contribution in [-0.2, 0) is 0 Å². The summed E-state index contributed by atoms with van der Waals surface area (Å²) in [5, 5.41) is 11.0. The predicted octanol–water partition coefficient (Wildman–Crippen LogP) is 0.252. The third kappa shape index (κ3) is 5.37. The molecule has 0 bridgehead atoms. The van der Waals surface area contributed by atoms with Gasteiger partial charge < -0.3 is 16.7 Å². The minimum atomic E-state index is 0.303. The molecule has 0 unspecified atom stereocenters. The maximum Gasteiger partial charge on any atom is 0.139 e. The second kappa shape index (κ2) is 6.35. The molecule has 0 aliphatic rings. The number of unbranched alkanes of at least 4 members (excludes halogenated alkanes) is 2. The first-order chi connectivity index (χ1) is 4.81. The highest BCUT2D eigenvalue weighted by Crippen LogP contribution is 1.97. The van der Waals surface area contributed by atoms with E-state index in [2.05, 4.69) is 5.16 Å². The average Bonchev–Trinajstić information content (AvgIpc) is 1.98. The zero-order valence-corrected chi connectivity index (χ0v) is 6.08. The molecule has 0 rings (SSSR count). The van der Waals surface area contributed by atoms with Gasteiger partial charge in [-0.15, -0.1) is 0 Å². The first-order valence-electron chi connectivity index (χ1n) is 3.47. The first-order valence-corrected chi connectivity index (χ1v) is 3.47. The zero-order valence-electron chi connectivity index (χ0n) is 6.08. The van der Waals surface area contributed by atoms with E-state index in [0.717, 1.165) is 25.8 Å². The SMILES string of the molecule is NCCCCC/C(N)=N/O. The van der Waals surface area contributed by atoms with E-state index in [1.54, 1.807) is 0 Å². The highest BCUT2D eigenvalue weighted by atomic mass is 16.4. The number of hydrogen-bond acceptors (Lipinski definition) is 3. The molecule has 0 aromatic carbocycles. The normalized spacial score (nSPS) is 11.9. The molecule has 0 radical (unpaired) electrons. The number of nitrogens with two attached hydrogens (primary N) is 2. The predicted molar refractivity (Wildman–Crippen MR) is 40.9 cm³/mol. The quantitative estimate of drug-likeness (QED) is 0.170. The summed E-state index contributed by atoms with van der Waals surface area (Å²) >= 11 is 0. The van der Waals surface area contributed by atoms with Gasteiger partial charge in [0.2, 0.25) is 0 Å². The fourth-order valence-corrected chi connectivity index (χ4v) is 0.677. The fraction of sp³-hybridized carbons (Fsp3) is 0.833. The maximum absolute atomic E-state index is 8.13. The molecule has 0 amide bonds. The summed E-state index contributed by atoms with van der Waals surface area (Å²) in [6.07, 6.45) is 3.68. The van der Waals surface area contributed by atoms with Crippen molar-refractivity contribution in [3.8, 4) is 0 Å². The molecule has 0 fully saturated rings. The Hall–Kier alpha value is -0.770. The lowest BCUT2D eigenvalue weighted by Crippen LogP contribution is -2.11. The van der Waals surface area contributed by atoms with Crippen molar-refractivity contribution in [1.82, 2.24) is 0 Å². The molecule has 10 heavy (non-hydrogen) atoms. The Kier molecular flexibility index (Phi) is 5.86. The Balaban J connectivity index is 3.04. The van der Waals surface area contributed by atoms with Crippen LogP contribution in [0.1, 0.15) is 25.7 Å². The van der Waals surface area contributed by atoms with Crippen LogP contribution in [0.2, 0.25) is 0 Å². The summed E-state index contributed by atoms with van der Waals surface area (Å²) in [6, 6.07) is 0. The van der Waals surface area contributed by atoms with Gasteiger partial charge in [0.1, 0.15) is 5.84 Å². The van der Waals surface area contributed by atoms with Crippen LogP contribution in [0.15, 0.2) is 5.16 Å². The molecule has 0 aliphatic heterocycles. The van der Waals surface area contributed by atoms with E-state index in [1.807, 2.05) is 0 Å². The summed E-state index contributed by atoms with van der Waals surface area (Å²) in [5.41, 5.74) is 10.5. The van der Waals surface area contributed by atoms with Crippen LogP contribution in [0.25, 0.3) is 0 Å². The van der Waals surface area contributed by atoms with Crippen LogP contribution in [0.3, 0.4) is 0 Å². The third-order valence-electron chi connectivity index (χ3n) is 1.27. The Morgan fingerprint density at radius 2 is 2.00 bits per heavy atom. The van der Waals surface area contributed by atoms with E-state index < -0.39 is 0 Å². The lowest BCUT2D eigenvalue weighted by Gasteiger charge is -1.96. The highest BCUT2D eigenvalue weighted by Gasteiger charge is 1.91. The molecular formula is C6H15N3O. The van der Waals surface area contributed by atoms with E-state index in [9.17, 15) is 0 Å². The third-order valence-corrected chi connectivity index (χ3v) is 1.27. The van der Waals surface area contributed by atoms with Gasteiger partial charge in [-0.25, -0.2) is 0 Å². The summed E-state index contributed by atoms with van der Waals surface area (Å²) < 4.78 is 0. The van der Waals surface area contributed by atoms with Gasteiger partial charge in [-0.1, -0.05) is 11.6 Å². The molecule has 0 spiro atoms. The number of oxime groups is 1. The van der Waals surface area contributed by atoms with Gasteiger partial charge in [0.05, 0.1) is 0 Å². The van der Waals surface area contributed by atoms with Crippen molar-refractivity contribution < 1.29 is 5.21 Å². The molecule has 4 heteroatoms. The fourth-order valence-electron chi connectivity index (χ4n) is 0.677. The second-order valence-electron chi connectivity index (χ2n) is 2.19. The zero-order chi connectivity index (χ0) is 7.82. The van der Waals surface area contributed by atoms with Crippen LogP contribution in [-0.4, -0.2) is 17.6 Å². The Bertz CT molecular complexity index is 103. The van der Waals surface area contributed by atoms with E-state index in [4.69, 9.17) is 16.7 Å². The van der Waals surface area contributed by atoms with Crippen molar-refractivity contribution in [2.75, 3.05) is 6.54 Å². The lowest BCUT2D eigenvalue weighted by molar-refractivity contribution is 0.316.